The minimum Gasteiger partial charge on any atom is -0.469 e. The van der Waals surface area contributed by atoms with Gasteiger partial charge in [0.25, 0.3) is 0 Å². The number of carbonyl (C=O) groups is 2. The maximum absolute atomic E-state index is 13.9. The molecule has 5 nitrogen and oxygen atoms in total. The largest absolute Gasteiger partial charge is 0.469 e. The minimum absolute atomic E-state index is 0.120. The van der Waals surface area contributed by atoms with E-state index in [0.717, 1.165) is 17.7 Å². The third-order valence-corrected chi connectivity index (χ3v) is 3.45. The molecule has 0 aliphatic heterocycles. The Balaban J connectivity index is 0.00000105. The van der Waals surface area contributed by atoms with Gasteiger partial charge in [0.1, 0.15) is 11.6 Å². The molecule has 0 heterocycles. The summed E-state index contributed by atoms with van der Waals surface area (Å²) in [6.45, 7) is 0. The number of methoxy groups -OCH3 is 1. The fourth-order valence-electron chi connectivity index (χ4n) is 2.27. The lowest BCUT2D eigenvalue weighted by Crippen LogP contribution is -2.16. The number of primary amides is 1. The van der Waals surface area contributed by atoms with Crippen LogP contribution < -0.4 is 11.5 Å². The fraction of sp³-hybridized carbons (Fsp3) is 0.158. The van der Waals surface area contributed by atoms with Gasteiger partial charge in [-0.1, -0.05) is 30.4 Å². The zero-order chi connectivity index (χ0) is 19.5. The van der Waals surface area contributed by atoms with Crippen molar-refractivity contribution < 1.29 is 23.1 Å². The van der Waals surface area contributed by atoms with Crippen molar-refractivity contribution in [2.75, 3.05) is 12.8 Å². The number of nitrogens with two attached hydrogens (primary N) is 2. The maximum Gasteiger partial charge on any atom is 0.313 e. The van der Waals surface area contributed by atoms with Gasteiger partial charge in [0.05, 0.1) is 13.0 Å². The molecule has 1 amide bonds. The van der Waals surface area contributed by atoms with Crippen molar-refractivity contribution in [1.29, 1.82) is 0 Å². The molecular weight excluding hydrogens is 342 g/mol. The quantitative estimate of drug-likeness (QED) is 0.485. The zero-order valence-electron chi connectivity index (χ0n) is 14.2. The second kappa shape index (κ2) is 10.6. The van der Waals surface area contributed by atoms with Crippen molar-refractivity contribution in [2.24, 2.45) is 5.73 Å². The van der Waals surface area contributed by atoms with Gasteiger partial charge in [0.15, 0.2) is 0 Å². The van der Waals surface area contributed by atoms with Crippen molar-refractivity contribution in [2.45, 2.75) is 12.3 Å². The molecule has 0 aliphatic rings. The minimum atomic E-state index is -1.04. The van der Waals surface area contributed by atoms with E-state index >= 15 is 0 Å². The Morgan fingerprint density at radius 1 is 1.15 bits per heavy atom. The number of amides is 1. The number of esters is 1. The number of halogens is 2. The maximum atomic E-state index is 13.9. The monoisotopic (exact) mass is 362 g/mol. The number of carbonyl (C=O) groups excluding carboxylic acids is 2. The molecule has 2 rings (SSSR count). The Bertz CT molecular complexity index is 742. The van der Waals surface area contributed by atoms with Crippen LogP contribution >= 0.6 is 0 Å². The van der Waals surface area contributed by atoms with E-state index in [4.69, 9.17) is 10.5 Å². The van der Waals surface area contributed by atoms with Crippen LogP contribution in [0.5, 0.6) is 0 Å². The number of benzene rings is 2. The predicted octanol–water partition coefficient (Wildman–Crippen LogP) is 3.01. The third kappa shape index (κ3) is 6.01. The van der Waals surface area contributed by atoms with E-state index in [0.29, 0.717) is 5.69 Å². The Morgan fingerprint density at radius 2 is 1.69 bits per heavy atom. The molecule has 2 aromatic carbocycles. The highest BCUT2D eigenvalue weighted by Crippen LogP contribution is 2.27. The van der Waals surface area contributed by atoms with Crippen LogP contribution in [0.25, 0.3) is 6.08 Å². The highest BCUT2D eigenvalue weighted by molar-refractivity contribution is 5.78. The summed E-state index contributed by atoms with van der Waals surface area (Å²) in [5.74, 6) is -3.25. The fourth-order valence-corrected chi connectivity index (χ4v) is 2.27. The summed E-state index contributed by atoms with van der Waals surface area (Å²) in [5.41, 5.74) is 11.0. The van der Waals surface area contributed by atoms with E-state index in [2.05, 4.69) is 10.5 Å². The molecule has 0 fully saturated rings. The molecule has 7 heteroatoms. The van der Waals surface area contributed by atoms with E-state index in [1.165, 1.54) is 13.2 Å². The Labute approximate surface area is 150 Å². The van der Waals surface area contributed by atoms with Crippen molar-refractivity contribution >= 4 is 24.1 Å². The van der Waals surface area contributed by atoms with Crippen molar-refractivity contribution in [3.63, 3.8) is 0 Å². The summed E-state index contributed by atoms with van der Waals surface area (Å²) < 4.78 is 32.5. The van der Waals surface area contributed by atoms with E-state index in [1.54, 1.807) is 24.3 Å². The molecule has 1 atom stereocenters. The van der Waals surface area contributed by atoms with Crippen LogP contribution in [0.1, 0.15) is 23.5 Å². The van der Waals surface area contributed by atoms with Gasteiger partial charge in [-0.25, -0.2) is 8.78 Å². The smallest absolute Gasteiger partial charge is 0.313 e. The molecule has 0 bridgehead atoms. The second-order valence-electron chi connectivity index (χ2n) is 5.15. The predicted molar refractivity (Wildman–Crippen MR) is 95.9 cm³/mol. The summed E-state index contributed by atoms with van der Waals surface area (Å²) in [4.78, 5) is 20.5. The van der Waals surface area contributed by atoms with Crippen LogP contribution in [0.15, 0.2) is 48.5 Å². The van der Waals surface area contributed by atoms with Gasteiger partial charge in [0, 0.05) is 11.3 Å². The topological polar surface area (TPSA) is 95.4 Å². The SMILES string of the molecule is COC(=O)C(C/C=C/c1ccc(N)cc1)c1c(F)cccc1F.NC=O. The number of anilines is 1. The molecule has 0 aromatic heterocycles. The molecule has 1 unspecified atom stereocenters. The van der Waals surface area contributed by atoms with Crippen LogP contribution in [-0.2, 0) is 14.3 Å². The van der Waals surface area contributed by atoms with Crippen LogP contribution in [0, 0.1) is 11.6 Å². The first kappa shape index (κ1) is 20.8. The van der Waals surface area contributed by atoms with Crippen molar-refractivity contribution in [3.8, 4) is 0 Å². The zero-order valence-corrected chi connectivity index (χ0v) is 14.2. The van der Waals surface area contributed by atoms with Crippen LogP contribution in [0.4, 0.5) is 14.5 Å². The standard InChI is InChI=1S/C18H17F2NO2.CH3NO/c1-23-18(22)14(17-15(19)6-3-7-16(17)20)5-2-4-12-8-10-13(21)11-9-12;2-1-3/h2-4,6-11,14H,5,21H2,1H3;1H,(H2,2,3)/b4-2+;. The van der Waals surface area contributed by atoms with Gasteiger partial charge in [-0.3, -0.25) is 9.59 Å². The van der Waals surface area contributed by atoms with E-state index in [9.17, 15) is 13.6 Å². The van der Waals surface area contributed by atoms with E-state index in [1.807, 2.05) is 12.1 Å². The number of nitrogen functional groups attached to an aromatic ring is 1. The van der Waals surface area contributed by atoms with Gasteiger partial charge in [0.2, 0.25) is 6.41 Å². The van der Waals surface area contributed by atoms with E-state index in [-0.39, 0.29) is 18.4 Å². The average molecular weight is 362 g/mol. The molecule has 0 saturated carbocycles. The molecule has 0 radical (unpaired) electrons. The first-order valence-corrected chi connectivity index (χ1v) is 7.63. The molecule has 4 N–H and O–H groups in total. The van der Waals surface area contributed by atoms with Crippen LogP contribution in [0.2, 0.25) is 0 Å². The van der Waals surface area contributed by atoms with Crippen molar-refractivity contribution in [1.82, 2.24) is 0 Å². The summed E-state index contributed by atoms with van der Waals surface area (Å²) >= 11 is 0. The molecule has 0 spiro atoms. The van der Waals surface area contributed by atoms with Gasteiger partial charge >= 0.3 is 5.97 Å². The highest BCUT2D eigenvalue weighted by atomic mass is 19.1. The average Bonchev–Trinajstić information content (AvgIpc) is 2.62. The second-order valence-corrected chi connectivity index (χ2v) is 5.15. The summed E-state index contributed by atoms with van der Waals surface area (Å²) in [6.07, 6.45) is 3.81. The molecule has 0 saturated heterocycles. The molecular formula is C19H20F2N2O3. The van der Waals surface area contributed by atoms with Gasteiger partial charge in [-0.2, -0.15) is 0 Å². The Morgan fingerprint density at radius 3 is 2.19 bits per heavy atom. The Hall–Kier alpha value is -3.22. The third-order valence-electron chi connectivity index (χ3n) is 3.45. The normalized spacial score (nSPS) is 11.3. The number of hydrogen-bond acceptors (Lipinski definition) is 4. The number of rotatable bonds is 5. The van der Waals surface area contributed by atoms with Crippen LogP contribution in [-0.4, -0.2) is 19.5 Å². The lowest BCUT2D eigenvalue weighted by Gasteiger charge is -2.14. The van der Waals surface area contributed by atoms with Crippen LogP contribution in [0.3, 0.4) is 0 Å². The molecule has 0 aliphatic carbocycles. The lowest BCUT2D eigenvalue weighted by molar-refractivity contribution is -0.142. The van der Waals surface area contributed by atoms with E-state index < -0.39 is 23.5 Å². The van der Waals surface area contributed by atoms with Crippen molar-refractivity contribution in [3.05, 3.63) is 71.3 Å². The summed E-state index contributed by atoms with van der Waals surface area (Å²) in [6, 6.07) is 10.6. The summed E-state index contributed by atoms with van der Waals surface area (Å²) in [5, 5.41) is 0. The number of allylic oxidation sites excluding steroid dienone is 1. The first-order chi connectivity index (χ1) is 12.4. The lowest BCUT2D eigenvalue weighted by atomic mass is 9.94. The molecule has 2 aromatic rings. The highest BCUT2D eigenvalue weighted by Gasteiger charge is 2.26. The summed E-state index contributed by atoms with van der Waals surface area (Å²) in [7, 11) is 1.19. The van der Waals surface area contributed by atoms with Gasteiger partial charge in [-0.05, 0) is 36.2 Å². The number of hydrogen-bond donors (Lipinski definition) is 2. The Kier molecular flexibility index (Phi) is 8.49. The van der Waals surface area contributed by atoms with Gasteiger partial charge in [-0.15, -0.1) is 0 Å². The number of ether oxygens (including phenoxy) is 1. The van der Waals surface area contributed by atoms with Gasteiger partial charge < -0.3 is 16.2 Å². The molecule has 26 heavy (non-hydrogen) atoms. The molecule has 138 valence electrons. The first-order valence-electron chi connectivity index (χ1n) is 7.63.